The van der Waals surface area contributed by atoms with Crippen LogP contribution in [0.4, 0.5) is 0 Å². The molecule has 1 aliphatic rings. The minimum atomic E-state index is -1.29. The fourth-order valence-electron chi connectivity index (χ4n) is 2.10. The molecule has 78 valence electrons. The van der Waals surface area contributed by atoms with Crippen molar-refractivity contribution in [3.8, 4) is 0 Å². The molecule has 1 N–H and O–H groups in total. The van der Waals surface area contributed by atoms with Gasteiger partial charge >= 0.3 is 0 Å². The highest BCUT2D eigenvalue weighted by atomic mass is 28.3. The fourth-order valence-corrected chi connectivity index (χ4v) is 3.79. The van der Waals surface area contributed by atoms with E-state index in [1.54, 1.807) is 0 Å². The first-order valence-corrected chi connectivity index (χ1v) is 9.22. The first-order valence-electron chi connectivity index (χ1n) is 5.65. The van der Waals surface area contributed by atoms with E-state index >= 15 is 0 Å². The molecule has 0 spiro atoms. The van der Waals surface area contributed by atoms with Crippen LogP contribution < -0.4 is 0 Å². The Labute approximate surface area is 83.6 Å². The highest BCUT2D eigenvalue weighted by Crippen LogP contribution is 2.46. The van der Waals surface area contributed by atoms with E-state index in [0.29, 0.717) is 5.92 Å². The Balaban J connectivity index is 2.26. The standard InChI is InChI=1S/C11H24OSi/c1-5-6-7-9-8-10(9)11(12)13(2,3)4/h9-12H,5-8H2,1-4H3/t9?,10?,11-/m1/s1. The molecule has 1 saturated carbocycles. The van der Waals surface area contributed by atoms with Gasteiger partial charge in [0.2, 0.25) is 0 Å². The lowest BCUT2D eigenvalue weighted by molar-refractivity contribution is 0.212. The highest BCUT2D eigenvalue weighted by molar-refractivity contribution is 6.77. The van der Waals surface area contributed by atoms with Crippen LogP contribution in [0, 0.1) is 11.8 Å². The minimum absolute atomic E-state index is 0.0503. The molecule has 1 rings (SSSR count). The van der Waals surface area contributed by atoms with Gasteiger partial charge in [-0.2, -0.15) is 0 Å². The Morgan fingerprint density at radius 3 is 2.46 bits per heavy atom. The predicted molar refractivity (Wildman–Crippen MR) is 60.5 cm³/mol. The Hall–Kier alpha value is 0.177. The van der Waals surface area contributed by atoms with Crippen LogP contribution in [0.15, 0.2) is 0 Å². The summed E-state index contributed by atoms with van der Waals surface area (Å²) in [5, 5.41) is 10.1. The van der Waals surface area contributed by atoms with Gasteiger partial charge in [-0.1, -0.05) is 45.8 Å². The summed E-state index contributed by atoms with van der Waals surface area (Å²) in [7, 11) is -1.29. The quantitative estimate of drug-likeness (QED) is 0.676. The first-order chi connectivity index (χ1) is 5.96. The van der Waals surface area contributed by atoms with Crippen LogP contribution in [0.2, 0.25) is 19.6 Å². The molecule has 1 fully saturated rings. The lowest BCUT2D eigenvalue weighted by Crippen LogP contribution is -2.40. The number of hydrogen-bond donors (Lipinski definition) is 1. The van der Waals surface area contributed by atoms with Gasteiger partial charge in [-0.3, -0.25) is 0 Å². The first kappa shape index (κ1) is 11.3. The molecule has 2 unspecified atom stereocenters. The van der Waals surface area contributed by atoms with Crippen LogP contribution in [0.1, 0.15) is 32.6 Å². The average molecular weight is 200 g/mol. The molecule has 0 heterocycles. The maximum atomic E-state index is 10.1. The highest BCUT2D eigenvalue weighted by Gasteiger charge is 2.46. The van der Waals surface area contributed by atoms with Gasteiger partial charge in [0.1, 0.15) is 0 Å². The zero-order valence-electron chi connectivity index (χ0n) is 9.51. The van der Waals surface area contributed by atoms with Gasteiger partial charge < -0.3 is 5.11 Å². The van der Waals surface area contributed by atoms with Crippen LogP contribution in [-0.4, -0.2) is 18.9 Å². The number of aliphatic hydroxyl groups is 1. The van der Waals surface area contributed by atoms with E-state index in [-0.39, 0.29) is 5.73 Å². The lowest BCUT2D eigenvalue weighted by Gasteiger charge is -2.24. The van der Waals surface area contributed by atoms with E-state index in [4.69, 9.17) is 0 Å². The van der Waals surface area contributed by atoms with Gasteiger partial charge in [0.05, 0.1) is 8.07 Å². The molecule has 0 bridgehead atoms. The zero-order chi connectivity index (χ0) is 10.1. The van der Waals surface area contributed by atoms with Crippen LogP contribution in [0.25, 0.3) is 0 Å². The Morgan fingerprint density at radius 2 is 2.00 bits per heavy atom. The van der Waals surface area contributed by atoms with Crippen molar-refractivity contribution in [3.05, 3.63) is 0 Å². The van der Waals surface area contributed by atoms with E-state index < -0.39 is 8.07 Å². The van der Waals surface area contributed by atoms with Crippen LogP contribution in [-0.2, 0) is 0 Å². The van der Waals surface area contributed by atoms with E-state index in [1.807, 2.05) is 0 Å². The van der Waals surface area contributed by atoms with Crippen LogP contribution in [0.5, 0.6) is 0 Å². The molecule has 1 nitrogen and oxygen atoms in total. The van der Waals surface area contributed by atoms with Crippen molar-refractivity contribution < 1.29 is 5.11 Å². The molecule has 0 aliphatic heterocycles. The largest absolute Gasteiger partial charge is 0.396 e. The normalized spacial score (nSPS) is 30.2. The lowest BCUT2D eigenvalue weighted by atomic mass is 10.1. The molecule has 2 heteroatoms. The van der Waals surface area contributed by atoms with Gasteiger partial charge in [-0.05, 0) is 18.3 Å². The predicted octanol–water partition coefficient (Wildman–Crippen LogP) is 3.05. The summed E-state index contributed by atoms with van der Waals surface area (Å²) >= 11 is 0. The van der Waals surface area contributed by atoms with Crippen molar-refractivity contribution in [2.24, 2.45) is 11.8 Å². The fraction of sp³-hybridized carbons (Fsp3) is 1.00. The van der Waals surface area contributed by atoms with Crippen molar-refractivity contribution in [2.75, 3.05) is 0 Å². The summed E-state index contributed by atoms with van der Waals surface area (Å²) in [5.41, 5.74) is 0.0503. The van der Waals surface area contributed by atoms with Gasteiger partial charge in [0, 0.05) is 5.73 Å². The van der Waals surface area contributed by atoms with E-state index in [1.165, 1.54) is 25.7 Å². The van der Waals surface area contributed by atoms with Crippen molar-refractivity contribution >= 4 is 8.07 Å². The van der Waals surface area contributed by atoms with Crippen LogP contribution >= 0.6 is 0 Å². The molecule has 13 heavy (non-hydrogen) atoms. The summed E-state index contributed by atoms with van der Waals surface area (Å²) in [6.07, 6.45) is 5.29. The molecule has 1 aliphatic carbocycles. The molecule has 3 atom stereocenters. The molecular formula is C11H24OSi. The number of unbranched alkanes of at least 4 members (excludes halogenated alkanes) is 1. The van der Waals surface area contributed by atoms with Gasteiger partial charge in [0.15, 0.2) is 0 Å². The molecular weight excluding hydrogens is 176 g/mol. The monoisotopic (exact) mass is 200 g/mol. The molecule has 0 aromatic rings. The van der Waals surface area contributed by atoms with Gasteiger partial charge in [-0.25, -0.2) is 0 Å². The molecule has 0 amide bonds. The van der Waals surface area contributed by atoms with E-state index in [9.17, 15) is 5.11 Å². The van der Waals surface area contributed by atoms with Crippen molar-refractivity contribution in [1.29, 1.82) is 0 Å². The minimum Gasteiger partial charge on any atom is -0.396 e. The number of aliphatic hydroxyl groups excluding tert-OH is 1. The summed E-state index contributed by atoms with van der Waals surface area (Å²) in [5.74, 6) is 1.53. The van der Waals surface area contributed by atoms with Crippen molar-refractivity contribution in [1.82, 2.24) is 0 Å². The van der Waals surface area contributed by atoms with Crippen molar-refractivity contribution in [3.63, 3.8) is 0 Å². The summed E-state index contributed by atoms with van der Waals surface area (Å²) in [4.78, 5) is 0. The average Bonchev–Trinajstić information content (AvgIpc) is 2.76. The third-order valence-electron chi connectivity index (χ3n) is 3.20. The Kier molecular flexibility index (Phi) is 3.58. The van der Waals surface area contributed by atoms with Crippen LogP contribution in [0.3, 0.4) is 0 Å². The SMILES string of the molecule is CCCCC1CC1[C@H](O)[Si](C)(C)C. The van der Waals surface area contributed by atoms with Crippen molar-refractivity contribution in [2.45, 2.75) is 58.0 Å². The maximum absolute atomic E-state index is 10.1. The second-order valence-electron chi connectivity index (χ2n) is 5.61. The third-order valence-corrected chi connectivity index (χ3v) is 5.40. The topological polar surface area (TPSA) is 20.2 Å². The summed E-state index contributed by atoms with van der Waals surface area (Å²) in [6, 6.07) is 0. The number of rotatable bonds is 5. The van der Waals surface area contributed by atoms with Gasteiger partial charge in [0.25, 0.3) is 0 Å². The Bertz CT molecular complexity index is 162. The summed E-state index contributed by atoms with van der Waals surface area (Å²) in [6.45, 7) is 9.05. The third kappa shape index (κ3) is 3.10. The van der Waals surface area contributed by atoms with E-state index in [2.05, 4.69) is 26.6 Å². The van der Waals surface area contributed by atoms with E-state index in [0.717, 1.165) is 5.92 Å². The smallest absolute Gasteiger partial charge is 0.0785 e. The maximum Gasteiger partial charge on any atom is 0.0785 e. The van der Waals surface area contributed by atoms with Gasteiger partial charge in [-0.15, -0.1) is 0 Å². The Morgan fingerprint density at radius 1 is 1.38 bits per heavy atom. The molecule has 0 saturated heterocycles. The molecule has 0 aromatic carbocycles. The molecule has 0 aromatic heterocycles. The number of hydrogen-bond acceptors (Lipinski definition) is 1. The second kappa shape index (κ2) is 4.14. The second-order valence-corrected chi connectivity index (χ2v) is 10.9. The molecule has 0 radical (unpaired) electrons. The summed E-state index contributed by atoms with van der Waals surface area (Å²) < 4.78 is 0. The zero-order valence-corrected chi connectivity index (χ0v) is 10.5.